The summed E-state index contributed by atoms with van der Waals surface area (Å²) in [5, 5.41) is 0. The molecule has 5 heteroatoms. The molecule has 22 heavy (non-hydrogen) atoms. The quantitative estimate of drug-likeness (QED) is 0.229. The van der Waals surface area contributed by atoms with Crippen LogP contribution in [-0.2, 0) is 18.6 Å². The summed E-state index contributed by atoms with van der Waals surface area (Å²) in [5.74, 6) is -0.338. The Balaban J connectivity index is 3.34. The van der Waals surface area contributed by atoms with Crippen LogP contribution in [0.3, 0.4) is 0 Å². The van der Waals surface area contributed by atoms with Gasteiger partial charge in [0.2, 0.25) is 7.37 Å². The van der Waals surface area contributed by atoms with Gasteiger partial charge < -0.3 is 9.26 Å². The van der Waals surface area contributed by atoms with Gasteiger partial charge in [-0.2, -0.15) is 0 Å². The lowest BCUT2D eigenvalue weighted by Crippen LogP contribution is -2.06. The predicted molar refractivity (Wildman–Crippen MR) is 92.8 cm³/mol. The van der Waals surface area contributed by atoms with Crippen LogP contribution in [-0.4, -0.2) is 32.0 Å². The van der Waals surface area contributed by atoms with Gasteiger partial charge in [-0.05, 0) is 6.42 Å². The molecule has 0 heterocycles. The highest BCUT2D eigenvalue weighted by molar-refractivity contribution is 7.58. The van der Waals surface area contributed by atoms with Crippen molar-refractivity contribution in [1.29, 1.82) is 0 Å². The molecule has 0 aliphatic carbocycles. The van der Waals surface area contributed by atoms with Crippen molar-refractivity contribution in [2.45, 2.75) is 78.1 Å². The van der Waals surface area contributed by atoms with Crippen LogP contribution in [0.5, 0.6) is 0 Å². The molecule has 0 aromatic rings. The number of unbranched alkanes of at least 4 members (excludes halogenated alkanes) is 9. The summed E-state index contributed by atoms with van der Waals surface area (Å²) < 4.78 is 22.3. The first-order valence-electron chi connectivity index (χ1n) is 8.82. The van der Waals surface area contributed by atoms with Gasteiger partial charge >= 0.3 is 5.97 Å². The normalized spacial score (nSPS) is 13.8. The number of rotatable bonds is 15. The van der Waals surface area contributed by atoms with Crippen molar-refractivity contribution in [1.82, 2.24) is 0 Å². The zero-order valence-electron chi connectivity index (χ0n) is 14.8. The average Bonchev–Trinajstić information content (AvgIpc) is 2.44. The third-order valence-corrected chi connectivity index (χ3v) is 5.39. The molecule has 0 amide bonds. The maximum Gasteiger partial charge on any atom is 0.302 e. The molecule has 132 valence electrons. The van der Waals surface area contributed by atoms with E-state index in [0.29, 0.717) is 12.8 Å². The third kappa shape index (κ3) is 16.0. The van der Waals surface area contributed by atoms with E-state index in [1.54, 1.807) is 6.66 Å². The highest BCUT2D eigenvalue weighted by atomic mass is 31.2. The van der Waals surface area contributed by atoms with Gasteiger partial charge in [0.1, 0.15) is 6.61 Å². The van der Waals surface area contributed by atoms with Gasteiger partial charge in [0, 0.05) is 13.6 Å². The van der Waals surface area contributed by atoms with Gasteiger partial charge in [0.15, 0.2) is 0 Å². The van der Waals surface area contributed by atoms with Gasteiger partial charge in [0.05, 0.1) is 12.8 Å². The molecule has 0 radical (unpaired) electrons. The topological polar surface area (TPSA) is 52.6 Å². The Bertz CT molecular complexity index is 318. The molecule has 0 N–H and O–H groups in total. The highest BCUT2D eigenvalue weighted by Crippen LogP contribution is 2.42. The monoisotopic (exact) mass is 334 g/mol. The van der Waals surface area contributed by atoms with Gasteiger partial charge in [-0.3, -0.25) is 9.36 Å². The van der Waals surface area contributed by atoms with Crippen LogP contribution in [0.15, 0.2) is 0 Å². The van der Waals surface area contributed by atoms with Crippen molar-refractivity contribution in [3.63, 3.8) is 0 Å². The summed E-state index contributed by atoms with van der Waals surface area (Å²) in [5.41, 5.74) is 0. The first-order chi connectivity index (χ1) is 10.5. The fraction of sp³-hybridized carbons (Fsp3) is 0.941. The summed E-state index contributed by atoms with van der Waals surface area (Å²) in [4.78, 5) is 10.6. The van der Waals surface area contributed by atoms with Crippen LogP contribution < -0.4 is 0 Å². The van der Waals surface area contributed by atoms with Crippen LogP contribution in [0.2, 0.25) is 0 Å². The fourth-order valence-corrected chi connectivity index (χ4v) is 3.33. The summed E-state index contributed by atoms with van der Waals surface area (Å²) >= 11 is 0. The molecule has 0 saturated heterocycles. The van der Waals surface area contributed by atoms with Gasteiger partial charge in [-0.25, -0.2) is 0 Å². The number of ether oxygens (including phenoxy) is 1. The Labute approximate surface area is 136 Å². The Hall–Kier alpha value is -0.340. The van der Waals surface area contributed by atoms with E-state index in [9.17, 15) is 9.36 Å². The molecule has 0 bridgehead atoms. The van der Waals surface area contributed by atoms with Crippen molar-refractivity contribution in [3.8, 4) is 0 Å². The second kappa shape index (κ2) is 14.3. The molecule has 0 aliphatic rings. The molecule has 0 aromatic heterocycles. The minimum absolute atomic E-state index is 0.182. The van der Waals surface area contributed by atoms with E-state index in [-0.39, 0.29) is 12.6 Å². The Kier molecular flexibility index (Phi) is 14.0. The minimum Gasteiger partial charge on any atom is -0.465 e. The van der Waals surface area contributed by atoms with Crippen molar-refractivity contribution in [2.75, 3.05) is 26.0 Å². The van der Waals surface area contributed by atoms with Crippen LogP contribution >= 0.6 is 7.37 Å². The van der Waals surface area contributed by atoms with E-state index in [2.05, 4.69) is 6.92 Å². The second-order valence-corrected chi connectivity index (χ2v) is 8.83. The average molecular weight is 334 g/mol. The molecule has 0 saturated carbocycles. The standard InChI is InChI=1S/C17H35O4P/c1-4-5-6-7-8-9-10-11-12-13-14-21-22(3,19)16-15-20-17(2)18/h4-16H2,1-3H3. The number of carbonyl (C=O) groups excluding carboxylic acids is 1. The molecular formula is C17H35O4P. The van der Waals surface area contributed by atoms with Gasteiger partial charge in [-0.15, -0.1) is 0 Å². The molecule has 0 fully saturated rings. The van der Waals surface area contributed by atoms with Crippen LogP contribution in [0.1, 0.15) is 78.1 Å². The van der Waals surface area contributed by atoms with E-state index < -0.39 is 7.37 Å². The van der Waals surface area contributed by atoms with Crippen LogP contribution in [0.4, 0.5) is 0 Å². The SMILES string of the molecule is CCCCCCCCCCCCOP(C)(=O)CCOC(C)=O. The first kappa shape index (κ1) is 21.7. The first-order valence-corrected chi connectivity index (χ1v) is 11.1. The smallest absolute Gasteiger partial charge is 0.302 e. The molecule has 1 unspecified atom stereocenters. The van der Waals surface area contributed by atoms with Crippen molar-refractivity contribution in [3.05, 3.63) is 0 Å². The Morgan fingerprint density at radius 1 is 0.864 bits per heavy atom. The second-order valence-electron chi connectivity index (χ2n) is 6.09. The minimum atomic E-state index is -2.60. The van der Waals surface area contributed by atoms with E-state index in [0.717, 1.165) is 12.8 Å². The zero-order valence-corrected chi connectivity index (χ0v) is 15.7. The highest BCUT2D eigenvalue weighted by Gasteiger charge is 2.15. The van der Waals surface area contributed by atoms with Crippen LogP contribution in [0.25, 0.3) is 0 Å². The van der Waals surface area contributed by atoms with E-state index in [1.165, 1.54) is 58.3 Å². The van der Waals surface area contributed by atoms with Gasteiger partial charge in [0.25, 0.3) is 0 Å². The summed E-state index contributed by atoms with van der Waals surface area (Å²) in [6.07, 6.45) is 13.1. The fourth-order valence-electron chi connectivity index (χ4n) is 2.27. The lowest BCUT2D eigenvalue weighted by atomic mass is 10.1. The lowest BCUT2D eigenvalue weighted by molar-refractivity contribution is -0.140. The van der Waals surface area contributed by atoms with Gasteiger partial charge in [-0.1, -0.05) is 64.7 Å². The van der Waals surface area contributed by atoms with Crippen molar-refractivity contribution < 1.29 is 18.6 Å². The molecule has 0 aromatic carbocycles. The number of carbonyl (C=O) groups is 1. The number of hydrogen-bond acceptors (Lipinski definition) is 4. The molecule has 0 spiro atoms. The maximum absolute atomic E-state index is 12.0. The maximum atomic E-state index is 12.0. The third-order valence-electron chi connectivity index (χ3n) is 3.67. The summed E-state index contributed by atoms with van der Waals surface area (Å²) in [6, 6.07) is 0. The van der Waals surface area contributed by atoms with Crippen molar-refractivity contribution >= 4 is 13.3 Å². The largest absolute Gasteiger partial charge is 0.465 e. The summed E-state index contributed by atoms with van der Waals surface area (Å²) in [7, 11) is -2.60. The summed E-state index contributed by atoms with van der Waals surface area (Å²) in [6.45, 7) is 5.94. The van der Waals surface area contributed by atoms with E-state index in [4.69, 9.17) is 9.26 Å². The number of esters is 1. The molecule has 0 aliphatic heterocycles. The zero-order chi connectivity index (χ0) is 16.7. The molecular weight excluding hydrogens is 299 g/mol. The van der Waals surface area contributed by atoms with Crippen molar-refractivity contribution in [2.24, 2.45) is 0 Å². The lowest BCUT2D eigenvalue weighted by Gasteiger charge is -2.13. The molecule has 1 atom stereocenters. The molecule has 4 nitrogen and oxygen atoms in total. The Morgan fingerprint density at radius 2 is 1.36 bits per heavy atom. The van der Waals surface area contributed by atoms with E-state index in [1.807, 2.05) is 0 Å². The Morgan fingerprint density at radius 3 is 1.86 bits per heavy atom. The van der Waals surface area contributed by atoms with E-state index >= 15 is 0 Å². The molecule has 0 rings (SSSR count). The van der Waals surface area contributed by atoms with Crippen LogP contribution in [0, 0.1) is 0 Å². The number of hydrogen-bond donors (Lipinski definition) is 0. The predicted octanol–water partition coefficient (Wildman–Crippen LogP) is 5.39.